The van der Waals surface area contributed by atoms with Gasteiger partial charge in [-0.1, -0.05) is 31.0 Å². The first kappa shape index (κ1) is 23.4. The Labute approximate surface area is 199 Å². The van der Waals surface area contributed by atoms with Gasteiger partial charge in [-0.15, -0.1) is 10.2 Å². The van der Waals surface area contributed by atoms with E-state index in [-0.39, 0.29) is 11.2 Å². The maximum atomic E-state index is 13.4. The number of hydrogen-bond acceptors (Lipinski definition) is 6. The van der Waals surface area contributed by atoms with E-state index >= 15 is 0 Å². The first-order chi connectivity index (χ1) is 16.1. The molecule has 2 heterocycles. The van der Waals surface area contributed by atoms with Crippen LogP contribution in [0.2, 0.25) is 0 Å². The van der Waals surface area contributed by atoms with E-state index < -0.39 is 0 Å². The molecular formula is C25H32N4O3S. The van der Waals surface area contributed by atoms with E-state index in [9.17, 15) is 4.79 Å². The topological polar surface area (TPSA) is 73.4 Å². The Hall–Kier alpha value is -2.74. The minimum atomic E-state index is -0.254. The van der Waals surface area contributed by atoms with Gasteiger partial charge in [0.1, 0.15) is 11.5 Å². The van der Waals surface area contributed by atoms with Crippen LogP contribution in [0.3, 0.4) is 0 Å². The van der Waals surface area contributed by atoms with E-state index in [1.807, 2.05) is 47.9 Å². The van der Waals surface area contributed by atoms with Crippen LogP contribution in [-0.4, -0.2) is 50.5 Å². The fraction of sp³-hybridized carbons (Fsp3) is 0.480. The van der Waals surface area contributed by atoms with Gasteiger partial charge in [0, 0.05) is 18.2 Å². The number of nitrogens with zero attached hydrogens (tertiary/aromatic N) is 4. The molecular weight excluding hydrogens is 436 g/mol. The van der Waals surface area contributed by atoms with Gasteiger partial charge in [0.2, 0.25) is 5.91 Å². The fourth-order valence-corrected chi connectivity index (χ4v) is 5.38. The van der Waals surface area contributed by atoms with Gasteiger partial charge in [0.05, 0.1) is 25.2 Å². The van der Waals surface area contributed by atoms with Crippen LogP contribution in [0.1, 0.15) is 51.7 Å². The maximum absolute atomic E-state index is 13.4. The summed E-state index contributed by atoms with van der Waals surface area (Å²) < 4.78 is 12.9. The molecule has 1 unspecified atom stereocenters. The van der Waals surface area contributed by atoms with Crippen molar-refractivity contribution in [2.24, 2.45) is 0 Å². The van der Waals surface area contributed by atoms with Gasteiger partial charge in [0.15, 0.2) is 11.0 Å². The normalized spacial score (nSPS) is 15.4. The smallest absolute Gasteiger partial charge is 0.236 e. The molecule has 1 atom stereocenters. The highest BCUT2D eigenvalue weighted by atomic mass is 32.2. The van der Waals surface area contributed by atoms with E-state index in [4.69, 9.17) is 9.15 Å². The minimum absolute atomic E-state index is 0.174. The Morgan fingerprint density at radius 3 is 2.61 bits per heavy atom. The Bertz CT molecular complexity index is 1030. The molecule has 4 rings (SSSR count). The van der Waals surface area contributed by atoms with Gasteiger partial charge in [-0.25, -0.2) is 0 Å². The molecule has 1 aliphatic carbocycles. The molecule has 3 aromatic rings. The highest BCUT2D eigenvalue weighted by Crippen LogP contribution is 2.31. The summed E-state index contributed by atoms with van der Waals surface area (Å²) in [4.78, 5) is 15.4. The number of thioether (sulfide) groups is 1. The standard InChI is InChI=1S/C25H32N4O3S/c1-4-28(20-9-6-5-7-10-20)24(30)18(2)33-25-27-26-23(19-12-14-21(31-3)15-13-19)29(25)17-22-11-8-16-32-22/h8,11-16,18,20H,4-7,9-10,17H2,1-3H3. The van der Waals surface area contributed by atoms with Gasteiger partial charge < -0.3 is 14.1 Å². The second-order valence-electron chi connectivity index (χ2n) is 8.38. The van der Waals surface area contributed by atoms with Crippen molar-refractivity contribution in [3.63, 3.8) is 0 Å². The van der Waals surface area contributed by atoms with Crippen molar-refractivity contribution in [3.8, 4) is 17.1 Å². The number of furan rings is 1. The van der Waals surface area contributed by atoms with E-state index in [1.54, 1.807) is 13.4 Å². The molecule has 2 aromatic heterocycles. The summed E-state index contributed by atoms with van der Waals surface area (Å²) in [6, 6.07) is 11.9. The zero-order valence-corrected chi connectivity index (χ0v) is 20.4. The predicted octanol–water partition coefficient (Wildman–Crippen LogP) is 5.26. The minimum Gasteiger partial charge on any atom is -0.497 e. The van der Waals surface area contributed by atoms with E-state index in [0.29, 0.717) is 17.7 Å². The quantitative estimate of drug-likeness (QED) is 0.399. The van der Waals surface area contributed by atoms with Crippen LogP contribution in [0.4, 0.5) is 0 Å². The highest BCUT2D eigenvalue weighted by Gasteiger charge is 2.29. The maximum Gasteiger partial charge on any atom is 0.236 e. The number of aromatic nitrogens is 3. The van der Waals surface area contributed by atoms with E-state index in [1.165, 1.54) is 31.0 Å². The summed E-state index contributed by atoms with van der Waals surface area (Å²) in [5, 5.41) is 9.39. The van der Waals surface area contributed by atoms with Crippen LogP contribution in [0.15, 0.2) is 52.2 Å². The van der Waals surface area contributed by atoms with Crippen LogP contribution in [-0.2, 0) is 11.3 Å². The Morgan fingerprint density at radius 1 is 1.21 bits per heavy atom. The van der Waals surface area contributed by atoms with Gasteiger partial charge in [-0.05, 0) is 63.1 Å². The molecule has 0 aliphatic heterocycles. The van der Waals surface area contributed by atoms with Crippen molar-refractivity contribution >= 4 is 17.7 Å². The first-order valence-corrected chi connectivity index (χ1v) is 12.6. The molecule has 0 spiro atoms. The molecule has 1 saturated carbocycles. The molecule has 0 bridgehead atoms. The number of rotatable bonds is 9. The third-order valence-corrected chi connectivity index (χ3v) is 7.30. The molecule has 7 nitrogen and oxygen atoms in total. The number of ether oxygens (including phenoxy) is 1. The highest BCUT2D eigenvalue weighted by molar-refractivity contribution is 8.00. The Morgan fingerprint density at radius 2 is 1.97 bits per heavy atom. The van der Waals surface area contributed by atoms with E-state index in [0.717, 1.165) is 42.3 Å². The fourth-order valence-electron chi connectivity index (χ4n) is 4.46. The summed E-state index contributed by atoms with van der Waals surface area (Å²) in [5.41, 5.74) is 0.929. The molecule has 8 heteroatoms. The van der Waals surface area contributed by atoms with Crippen LogP contribution in [0, 0.1) is 0 Å². The monoisotopic (exact) mass is 468 g/mol. The SMILES string of the molecule is CCN(C(=O)C(C)Sc1nnc(-c2ccc(OC)cc2)n1Cc1ccco1)C1CCCCC1. The average Bonchev–Trinajstić information content (AvgIpc) is 3.51. The Balaban J connectivity index is 1.58. The van der Waals surface area contributed by atoms with Crippen molar-refractivity contribution < 1.29 is 13.9 Å². The predicted molar refractivity (Wildman–Crippen MR) is 129 cm³/mol. The van der Waals surface area contributed by atoms with Crippen molar-refractivity contribution in [2.75, 3.05) is 13.7 Å². The number of carbonyl (C=O) groups is 1. The lowest BCUT2D eigenvalue weighted by atomic mass is 9.94. The number of methoxy groups -OCH3 is 1. The Kier molecular flexibility index (Phi) is 7.75. The van der Waals surface area contributed by atoms with Crippen molar-refractivity contribution in [2.45, 2.75) is 68.9 Å². The van der Waals surface area contributed by atoms with Gasteiger partial charge >= 0.3 is 0 Å². The lowest BCUT2D eigenvalue weighted by molar-refractivity contribution is -0.133. The van der Waals surface area contributed by atoms with Crippen LogP contribution >= 0.6 is 11.8 Å². The van der Waals surface area contributed by atoms with Crippen molar-refractivity contribution in [1.82, 2.24) is 19.7 Å². The molecule has 0 N–H and O–H groups in total. The summed E-state index contributed by atoms with van der Waals surface area (Å²) in [7, 11) is 1.65. The zero-order valence-electron chi connectivity index (χ0n) is 19.6. The lowest BCUT2D eigenvalue weighted by Gasteiger charge is -2.35. The second-order valence-corrected chi connectivity index (χ2v) is 9.68. The number of amides is 1. The molecule has 1 amide bonds. The summed E-state index contributed by atoms with van der Waals surface area (Å²) >= 11 is 1.46. The molecule has 1 aliphatic rings. The van der Waals surface area contributed by atoms with Crippen molar-refractivity contribution in [3.05, 3.63) is 48.4 Å². The number of carbonyl (C=O) groups excluding carboxylic acids is 1. The first-order valence-electron chi connectivity index (χ1n) is 11.7. The van der Waals surface area contributed by atoms with Crippen LogP contribution in [0.25, 0.3) is 11.4 Å². The molecule has 176 valence electrons. The molecule has 33 heavy (non-hydrogen) atoms. The van der Waals surface area contributed by atoms with Crippen molar-refractivity contribution in [1.29, 1.82) is 0 Å². The largest absolute Gasteiger partial charge is 0.497 e. The molecule has 0 saturated heterocycles. The summed E-state index contributed by atoms with van der Waals surface area (Å²) in [5.74, 6) is 2.50. The number of hydrogen-bond donors (Lipinski definition) is 0. The summed E-state index contributed by atoms with van der Waals surface area (Å²) in [6.07, 6.45) is 7.56. The van der Waals surface area contributed by atoms with E-state index in [2.05, 4.69) is 22.0 Å². The van der Waals surface area contributed by atoms with Crippen LogP contribution < -0.4 is 4.74 Å². The van der Waals surface area contributed by atoms with Gasteiger partial charge in [-0.3, -0.25) is 9.36 Å². The molecule has 1 fully saturated rings. The third-order valence-electron chi connectivity index (χ3n) is 6.23. The van der Waals surface area contributed by atoms with Crippen LogP contribution in [0.5, 0.6) is 5.75 Å². The van der Waals surface area contributed by atoms with Gasteiger partial charge in [0.25, 0.3) is 0 Å². The molecule has 0 radical (unpaired) electrons. The lowest BCUT2D eigenvalue weighted by Crippen LogP contribution is -2.44. The average molecular weight is 469 g/mol. The number of benzene rings is 1. The molecule has 1 aromatic carbocycles. The van der Waals surface area contributed by atoms with Gasteiger partial charge in [-0.2, -0.15) is 0 Å². The summed E-state index contributed by atoms with van der Waals surface area (Å²) in [6.45, 7) is 5.28. The third kappa shape index (κ3) is 5.43. The zero-order chi connectivity index (χ0) is 23.2. The second kappa shape index (κ2) is 10.9.